The Bertz CT molecular complexity index is 554. The van der Waals surface area contributed by atoms with Gasteiger partial charge < -0.3 is 15.0 Å². The van der Waals surface area contributed by atoms with Crippen LogP contribution in [0.15, 0.2) is 24.3 Å². The summed E-state index contributed by atoms with van der Waals surface area (Å²) in [5, 5.41) is 3.10. The molecule has 1 aromatic rings. The van der Waals surface area contributed by atoms with Gasteiger partial charge in [0.25, 0.3) is 0 Å². The number of rotatable bonds is 5. The van der Waals surface area contributed by atoms with Gasteiger partial charge in [0, 0.05) is 31.7 Å². The van der Waals surface area contributed by atoms with Gasteiger partial charge in [0.1, 0.15) is 5.82 Å². The normalized spacial score (nSPS) is 22.5. The van der Waals surface area contributed by atoms with Crippen LogP contribution in [0.4, 0.5) is 9.18 Å². The summed E-state index contributed by atoms with van der Waals surface area (Å²) in [6.07, 6.45) is 5.39. The zero-order chi connectivity index (χ0) is 16.9. The van der Waals surface area contributed by atoms with Crippen LogP contribution in [0.25, 0.3) is 0 Å². The number of amides is 2. The maximum absolute atomic E-state index is 14.3. The van der Waals surface area contributed by atoms with Crippen molar-refractivity contribution < 1.29 is 13.9 Å². The number of ether oxygens (including phenoxy) is 1. The third-order valence-electron chi connectivity index (χ3n) is 5.29. The second-order valence-electron chi connectivity index (χ2n) is 7.10. The molecular weight excluding hydrogens is 307 g/mol. The van der Waals surface area contributed by atoms with Crippen molar-refractivity contribution in [2.24, 2.45) is 11.8 Å². The molecule has 0 aromatic heterocycles. The number of nitrogens with zero attached hydrogens (tertiary/aromatic N) is 1. The minimum atomic E-state index is -0.247. The average molecular weight is 334 g/mol. The van der Waals surface area contributed by atoms with Crippen LogP contribution in [0, 0.1) is 17.7 Å². The van der Waals surface area contributed by atoms with Gasteiger partial charge in [-0.15, -0.1) is 0 Å². The summed E-state index contributed by atoms with van der Waals surface area (Å²) in [6, 6.07) is 6.43. The predicted molar refractivity (Wildman–Crippen MR) is 91.2 cm³/mol. The van der Waals surface area contributed by atoms with Crippen molar-refractivity contribution >= 4 is 6.03 Å². The third-order valence-corrected chi connectivity index (χ3v) is 5.29. The van der Waals surface area contributed by atoms with Crippen molar-refractivity contribution in [2.45, 2.75) is 38.1 Å². The number of urea groups is 1. The predicted octanol–water partition coefficient (Wildman–Crippen LogP) is 3.73. The van der Waals surface area contributed by atoms with Gasteiger partial charge in [-0.2, -0.15) is 0 Å². The summed E-state index contributed by atoms with van der Waals surface area (Å²) in [5.74, 6) is 0.481. The number of hydrogen-bond acceptors (Lipinski definition) is 2. The highest BCUT2D eigenvalue weighted by Gasteiger charge is 2.30. The minimum Gasteiger partial charge on any atom is -0.381 e. The first-order chi connectivity index (χ1) is 11.6. The lowest BCUT2D eigenvalue weighted by Crippen LogP contribution is -2.43. The van der Waals surface area contributed by atoms with E-state index in [1.54, 1.807) is 24.1 Å². The molecule has 2 aliphatic rings. The molecular formula is C19H27FN2O2. The molecule has 5 heteroatoms. The van der Waals surface area contributed by atoms with Crippen molar-refractivity contribution in [1.29, 1.82) is 0 Å². The molecule has 3 rings (SSSR count). The van der Waals surface area contributed by atoms with E-state index in [2.05, 4.69) is 5.32 Å². The van der Waals surface area contributed by atoms with E-state index < -0.39 is 0 Å². The van der Waals surface area contributed by atoms with Crippen LogP contribution in [-0.4, -0.2) is 37.7 Å². The van der Waals surface area contributed by atoms with E-state index in [0.29, 0.717) is 23.9 Å². The van der Waals surface area contributed by atoms with Crippen LogP contribution in [0.5, 0.6) is 0 Å². The Hall–Kier alpha value is -1.62. The van der Waals surface area contributed by atoms with E-state index in [9.17, 15) is 9.18 Å². The second-order valence-corrected chi connectivity index (χ2v) is 7.10. The van der Waals surface area contributed by atoms with Gasteiger partial charge >= 0.3 is 6.03 Å². The fourth-order valence-corrected chi connectivity index (χ4v) is 3.91. The zero-order valence-corrected chi connectivity index (χ0v) is 14.3. The first-order valence-corrected chi connectivity index (χ1v) is 8.99. The summed E-state index contributed by atoms with van der Waals surface area (Å²) in [6.45, 7) is 2.18. The second kappa shape index (κ2) is 7.97. The zero-order valence-electron chi connectivity index (χ0n) is 14.3. The summed E-state index contributed by atoms with van der Waals surface area (Å²) >= 11 is 0. The van der Waals surface area contributed by atoms with Gasteiger partial charge in [-0.1, -0.05) is 31.0 Å². The number of halogens is 1. The Labute approximate surface area is 143 Å². The molecule has 1 N–H and O–H groups in total. The number of nitrogens with one attached hydrogen (secondary N) is 1. The lowest BCUT2D eigenvalue weighted by atomic mass is 9.91. The SMILES string of the molecule is CN(CC1CCOC1)C(=O)NC(c1ccccc1F)C1CCCC1. The molecule has 0 radical (unpaired) electrons. The third kappa shape index (κ3) is 4.07. The number of benzene rings is 1. The number of carbonyl (C=O) groups excluding carboxylic acids is 1. The van der Waals surface area contributed by atoms with Crippen molar-refractivity contribution in [2.75, 3.05) is 26.8 Å². The van der Waals surface area contributed by atoms with Crippen LogP contribution in [0.1, 0.15) is 43.7 Å². The van der Waals surface area contributed by atoms with Crippen molar-refractivity contribution in [3.63, 3.8) is 0 Å². The van der Waals surface area contributed by atoms with Crippen molar-refractivity contribution in [1.82, 2.24) is 10.2 Å². The first kappa shape index (κ1) is 17.2. The molecule has 4 nitrogen and oxygen atoms in total. The summed E-state index contributed by atoms with van der Waals surface area (Å²) in [7, 11) is 1.81. The Morgan fingerprint density at radius 1 is 1.33 bits per heavy atom. The van der Waals surface area contributed by atoms with Crippen molar-refractivity contribution in [3.8, 4) is 0 Å². The first-order valence-electron chi connectivity index (χ1n) is 8.99. The average Bonchev–Trinajstić information content (AvgIpc) is 3.26. The molecule has 2 amide bonds. The summed E-state index contributed by atoms with van der Waals surface area (Å²) < 4.78 is 19.7. The lowest BCUT2D eigenvalue weighted by molar-refractivity contribution is 0.168. The molecule has 1 aliphatic carbocycles. The Kier molecular flexibility index (Phi) is 5.72. The van der Waals surface area contributed by atoms with Crippen molar-refractivity contribution in [3.05, 3.63) is 35.6 Å². The van der Waals surface area contributed by atoms with Gasteiger partial charge in [-0.3, -0.25) is 0 Å². The van der Waals surface area contributed by atoms with Gasteiger partial charge in [0.05, 0.1) is 12.6 Å². The molecule has 2 atom stereocenters. The number of carbonyl (C=O) groups is 1. The van der Waals surface area contributed by atoms with Crippen LogP contribution in [0.3, 0.4) is 0 Å². The van der Waals surface area contributed by atoms with E-state index >= 15 is 0 Å². The smallest absolute Gasteiger partial charge is 0.317 e. The van der Waals surface area contributed by atoms with Crippen LogP contribution < -0.4 is 5.32 Å². The Morgan fingerprint density at radius 2 is 2.08 bits per heavy atom. The molecule has 132 valence electrons. The highest BCUT2D eigenvalue weighted by Crippen LogP contribution is 2.36. The molecule has 2 unspecified atom stereocenters. The lowest BCUT2D eigenvalue weighted by Gasteiger charge is -2.29. The number of hydrogen-bond donors (Lipinski definition) is 1. The quantitative estimate of drug-likeness (QED) is 0.891. The van der Waals surface area contributed by atoms with Crippen LogP contribution >= 0.6 is 0 Å². The fourth-order valence-electron chi connectivity index (χ4n) is 3.91. The highest BCUT2D eigenvalue weighted by molar-refractivity contribution is 5.74. The minimum absolute atomic E-state index is 0.123. The van der Waals surface area contributed by atoms with E-state index in [1.807, 2.05) is 6.07 Å². The van der Waals surface area contributed by atoms with Gasteiger partial charge in [0.2, 0.25) is 0 Å². The molecule has 0 spiro atoms. The van der Waals surface area contributed by atoms with Gasteiger partial charge in [-0.05, 0) is 31.2 Å². The Balaban J connectivity index is 1.69. The molecule has 1 saturated carbocycles. The largest absolute Gasteiger partial charge is 0.381 e. The van der Waals surface area contributed by atoms with Gasteiger partial charge in [0.15, 0.2) is 0 Å². The van der Waals surface area contributed by atoms with E-state index in [-0.39, 0.29) is 17.9 Å². The monoisotopic (exact) mass is 334 g/mol. The maximum Gasteiger partial charge on any atom is 0.317 e. The highest BCUT2D eigenvalue weighted by atomic mass is 19.1. The maximum atomic E-state index is 14.3. The molecule has 1 heterocycles. The van der Waals surface area contributed by atoms with E-state index in [0.717, 1.165) is 45.3 Å². The standard InChI is InChI=1S/C19H27FN2O2/c1-22(12-14-10-11-24-13-14)19(23)21-18(15-6-2-3-7-15)16-8-4-5-9-17(16)20/h4-5,8-9,14-15,18H,2-3,6-7,10-13H2,1H3,(H,21,23). The molecule has 0 bridgehead atoms. The summed E-state index contributed by atoms with van der Waals surface area (Å²) in [5.41, 5.74) is 0.607. The van der Waals surface area contributed by atoms with Crippen LogP contribution in [-0.2, 0) is 4.74 Å². The van der Waals surface area contributed by atoms with Gasteiger partial charge in [-0.25, -0.2) is 9.18 Å². The molecule has 1 aromatic carbocycles. The molecule has 2 fully saturated rings. The fraction of sp³-hybridized carbons (Fsp3) is 0.632. The molecule has 1 saturated heterocycles. The molecule has 24 heavy (non-hydrogen) atoms. The van der Waals surface area contributed by atoms with Crippen LogP contribution in [0.2, 0.25) is 0 Å². The van der Waals surface area contributed by atoms with E-state index in [1.165, 1.54) is 6.07 Å². The van der Waals surface area contributed by atoms with E-state index in [4.69, 9.17) is 4.74 Å². The molecule has 1 aliphatic heterocycles. The summed E-state index contributed by atoms with van der Waals surface area (Å²) in [4.78, 5) is 14.3. The topological polar surface area (TPSA) is 41.6 Å². The Morgan fingerprint density at radius 3 is 2.75 bits per heavy atom.